The Morgan fingerprint density at radius 3 is 2.26 bits per heavy atom. The molecule has 0 atom stereocenters. The van der Waals surface area contributed by atoms with Gasteiger partial charge in [0.2, 0.25) is 0 Å². The van der Waals surface area contributed by atoms with Gasteiger partial charge in [-0.15, -0.1) is 0 Å². The average Bonchev–Trinajstić information content (AvgIpc) is 2.30. The fourth-order valence-electron chi connectivity index (χ4n) is 1.73. The zero-order valence-electron chi connectivity index (χ0n) is 13.4. The number of nitrogens with zero attached hydrogens (tertiary/aromatic N) is 1. The van der Waals surface area contributed by atoms with Gasteiger partial charge in [0.05, 0.1) is 0 Å². The summed E-state index contributed by atoms with van der Waals surface area (Å²) in [5.41, 5.74) is -0.419. The Balaban J connectivity index is 3.94. The van der Waals surface area contributed by atoms with Gasteiger partial charge in [0, 0.05) is 19.6 Å². The molecular weight excluding hydrogens is 240 g/mol. The first-order valence-corrected chi connectivity index (χ1v) is 7.59. The molecule has 1 N–H and O–H groups in total. The van der Waals surface area contributed by atoms with Crippen molar-refractivity contribution in [1.29, 1.82) is 0 Å². The number of ether oxygens (including phenoxy) is 1. The molecule has 4 nitrogen and oxygen atoms in total. The fraction of sp³-hybridized carbons (Fsp3) is 0.933. The first kappa shape index (κ1) is 18.2. The molecule has 1 amide bonds. The van der Waals surface area contributed by atoms with Crippen LogP contribution in [0.15, 0.2) is 0 Å². The van der Waals surface area contributed by atoms with Crippen molar-refractivity contribution in [2.45, 2.75) is 65.9 Å². The maximum absolute atomic E-state index is 12.0. The van der Waals surface area contributed by atoms with E-state index in [1.165, 1.54) is 19.3 Å². The highest BCUT2D eigenvalue weighted by Crippen LogP contribution is 2.10. The van der Waals surface area contributed by atoms with Crippen molar-refractivity contribution in [1.82, 2.24) is 10.2 Å². The number of hydrogen-bond acceptors (Lipinski definition) is 3. The molecule has 0 spiro atoms. The van der Waals surface area contributed by atoms with Crippen LogP contribution >= 0.6 is 0 Å². The van der Waals surface area contributed by atoms with Crippen LogP contribution in [0.1, 0.15) is 60.3 Å². The first-order valence-electron chi connectivity index (χ1n) is 7.59. The van der Waals surface area contributed by atoms with E-state index in [9.17, 15) is 4.79 Å². The summed E-state index contributed by atoms with van der Waals surface area (Å²) in [6.07, 6.45) is 4.45. The molecule has 0 saturated carbocycles. The second-order valence-corrected chi connectivity index (χ2v) is 5.92. The summed E-state index contributed by atoms with van der Waals surface area (Å²) < 4.78 is 5.41. The van der Waals surface area contributed by atoms with E-state index in [2.05, 4.69) is 19.2 Å². The molecule has 0 radical (unpaired) electrons. The lowest BCUT2D eigenvalue weighted by atomic mass is 10.2. The lowest BCUT2D eigenvalue weighted by molar-refractivity contribution is 0.0252. The van der Waals surface area contributed by atoms with Gasteiger partial charge in [-0.25, -0.2) is 4.79 Å². The van der Waals surface area contributed by atoms with Gasteiger partial charge in [0.15, 0.2) is 0 Å². The van der Waals surface area contributed by atoms with Crippen molar-refractivity contribution in [2.75, 3.05) is 26.2 Å². The zero-order chi connectivity index (χ0) is 14.7. The van der Waals surface area contributed by atoms with Gasteiger partial charge < -0.3 is 15.0 Å². The Hall–Kier alpha value is -0.770. The molecule has 0 aliphatic heterocycles. The van der Waals surface area contributed by atoms with Crippen LogP contribution in [0.4, 0.5) is 4.79 Å². The number of amides is 1. The maximum Gasteiger partial charge on any atom is 0.410 e. The van der Waals surface area contributed by atoms with Crippen LogP contribution in [0.2, 0.25) is 0 Å². The van der Waals surface area contributed by atoms with Gasteiger partial charge in [0.25, 0.3) is 0 Å². The molecule has 0 fully saturated rings. The standard InChI is InChI=1S/C15H32N2O2/c1-6-8-9-10-16-11-13-17(12-7-2)14(18)19-15(3,4)5/h16H,6-13H2,1-5H3. The van der Waals surface area contributed by atoms with E-state index in [4.69, 9.17) is 4.74 Å². The first-order chi connectivity index (χ1) is 8.90. The van der Waals surface area contributed by atoms with E-state index in [0.717, 1.165) is 32.6 Å². The van der Waals surface area contributed by atoms with Crippen molar-refractivity contribution < 1.29 is 9.53 Å². The van der Waals surface area contributed by atoms with Gasteiger partial charge >= 0.3 is 6.09 Å². The van der Waals surface area contributed by atoms with Crippen molar-refractivity contribution in [2.24, 2.45) is 0 Å². The van der Waals surface area contributed by atoms with Gasteiger partial charge in [0.1, 0.15) is 5.60 Å². The Kier molecular flexibility index (Phi) is 9.66. The Bertz CT molecular complexity index is 237. The smallest absolute Gasteiger partial charge is 0.410 e. The minimum atomic E-state index is -0.419. The highest BCUT2D eigenvalue weighted by atomic mass is 16.6. The van der Waals surface area contributed by atoms with Crippen molar-refractivity contribution >= 4 is 6.09 Å². The van der Waals surface area contributed by atoms with Crippen LogP contribution < -0.4 is 5.32 Å². The predicted octanol–water partition coefficient (Wildman–Crippen LogP) is 3.41. The molecule has 0 rings (SSSR count). The van der Waals surface area contributed by atoms with Gasteiger partial charge in [-0.3, -0.25) is 0 Å². The summed E-state index contributed by atoms with van der Waals surface area (Å²) in [7, 11) is 0. The third kappa shape index (κ3) is 10.8. The molecule has 0 heterocycles. The van der Waals surface area contributed by atoms with Crippen LogP contribution in [0.5, 0.6) is 0 Å². The van der Waals surface area contributed by atoms with E-state index >= 15 is 0 Å². The molecule has 0 aromatic heterocycles. The molecule has 19 heavy (non-hydrogen) atoms. The lowest BCUT2D eigenvalue weighted by Gasteiger charge is -2.27. The van der Waals surface area contributed by atoms with Crippen LogP contribution in [0, 0.1) is 0 Å². The Labute approximate surface area is 118 Å². The zero-order valence-corrected chi connectivity index (χ0v) is 13.4. The van der Waals surface area contributed by atoms with Crippen LogP contribution in [-0.2, 0) is 4.74 Å². The normalized spacial score (nSPS) is 11.4. The predicted molar refractivity (Wildman–Crippen MR) is 80.5 cm³/mol. The molecule has 114 valence electrons. The summed E-state index contributed by atoms with van der Waals surface area (Å²) >= 11 is 0. The minimum Gasteiger partial charge on any atom is -0.444 e. The van der Waals surface area contributed by atoms with Gasteiger partial charge in [-0.05, 0) is 40.2 Å². The molecule has 4 heteroatoms. The summed E-state index contributed by atoms with van der Waals surface area (Å²) in [6.45, 7) is 13.3. The van der Waals surface area contributed by atoms with E-state index in [1.807, 2.05) is 20.8 Å². The average molecular weight is 272 g/mol. The van der Waals surface area contributed by atoms with Crippen molar-refractivity contribution in [3.8, 4) is 0 Å². The van der Waals surface area contributed by atoms with Crippen LogP contribution in [0.3, 0.4) is 0 Å². The Morgan fingerprint density at radius 1 is 1.05 bits per heavy atom. The lowest BCUT2D eigenvalue weighted by Crippen LogP contribution is -2.41. The monoisotopic (exact) mass is 272 g/mol. The number of hydrogen-bond donors (Lipinski definition) is 1. The van der Waals surface area contributed by atoms with Crippen molar-refractivity contribution in [3.05, 3.63) is 0 Å². The molecule has 0 aromatic carbocycles. The molecule has 0 saturated heterocycles. The van der Waals surface area contributed by atoms with E-state index in [0.29, 0.717) is 0 Å². The number of rotatable bonds is 9. The molecule has 0 aliphatic rings. The highest BCUT2D eigenvalue weighted by Gasteiger charge is 2.21. The topological polar surface area (TPSA) is 41.6 Å². The molecule has 0 unspecified atom stereocenters. The summed E-state index contributed by atoms with van der Waals surface area (Å²) in [5.74, 6) is 0. The highest BCUT2D eigenvalue weighted by molar-refractivity contribution is 5.68. The van der Waals surface area contributed by atoms with Crippen LogP contribution in [-0.4, -0.2) is 42.8 Å². The van der Waals surface area contributed by atoms with Crippen LogP contribution in [0.25, 0.3) is 0 Å². The Morgan fingerprint density at radius 2 is 1.74 bits per heavy atom. The minimum absolute atomic E-state index is 0.204. The third-order valence-electron chi connectivity index (χ3n) is 2.66. The molecular formula is C15H32N2O2. The quantitative estimate of drug-likeness (QED) is 0.654. The molecule has 0 aromatic rings. The summed E-state index contributed by atoms with van der Waals surface area (Å²) in [6, 6.07) is 0. The van der Waals surface area contributed by atoms with Gasteiger partial charge in [-0.2, -0.15) is 0 Å². The molecule has 0 bridgehead atoms. The number of unbranched alkanes of at least 4 members (excludes halogenated alkanes) is 2. The number of carbonyl (C=O) groups is 1. The maximum atomic E-state index is 12.0. The second-order valence-electron chi connectivity index (χ2n) is 5.92. The van der Waals surface area contributed by atoms with Crippen molar-refractivity contribution in [3.63, 3.8) is 0 Å². The van der Waals surface area contributed by atoms with E-state index < -0.39 is 5.60 Å². The summed E-state index contributed by atoms with van der Waals surface area (Å²) in [4.78, 5) is 13.8. The molecule has 0 aliphatic carbocycles. The third-order valence-corrected chi connectivity index (χ3v) is 2.66. The largest absolute Gasteiger partial charge is 0.444 e. The second kappa shape index (κ2) is 10.1. The van der Waals surface area contributed by atoms with Gasteiger partial charge in [-0.1, -0.05) is 26.7 Å². The fourth-order valence-corrected chi connectivity index (χ4v) is 1.73. The summed E-state index contributed by atoms with van der Waals surface area (Å²) in [5, 5.41) is 3.38. The number of carbonyl (C=O) groups excluding carboxylic acids is 1. The number of nitrogens with one attached hydrogen (secondary N) is 1. The SMILES string of the molecule is CCCCCNCCN(CCC)C(=O)OC(C)(C)C. The van der Waals surface area contributed by atoms with E-state index in [-0.39, 0.29) is 6.09 Å². The van der Waals surface area contributed by atoms with E-state index in [1.54, 1.807) is 4.90 Å².